The van der Waals surface area contributed by atoms with Crippen molar-refractivity contribution in [2.24, 2.45) is 0 Å². The summed E-state index contributed by atoms with van der Waals surface area (Å²) in [7, 11) is 3.37. The zero-order valence-corrected chi connectivity index (χ0v) is 12.9. The molecule has 1 atom stereocenters. The minimum absolute atomic E-state index is 0.221. The maximum absolute atomic E-state index is 5.53. The summed E-state index contributed by atoms with van der Waals surface area (Å²) >= 11 is 0. The summed E-state index contributed by atoms with van der Waals surface area (Å²) in [5, 5.41) is 3.54. The topological polar surface area (TPSA) is 30.5 Å². The first-order valence-electron chi connectivity index (χ1n) is 7.27. The molecule has 0 aromatic heterocycles. The van der Waals surface area contributed by atoms with Crippen LogP contribution in [0, 0.1) is 0 Å². The van der Waals surface area contributed by atoms with E-state index in [-0.39, 0.29) is 6.04 Å². The Balaban J connectivity index is 2.29. The van der Waals surface area contributed by atoms with Gasteiger partial charge >= 0.3 is 0 Å². The van der Waals surface area contributed by atoms with Crippen molar-refractivity contribution in [1.82, 2.24) is 5.32 Å². The zero-order chi connectivity index (χ0) is 15.1. The lowest BCUT2D eigenvalue weighted by Crippen LogP contribution is -2.23. The normalized spacial score (nSPS) is 12.0. The van der Waals surface area contributed by atoms with Crippen LogP contribution < -0.4 is 14.8 Å². The number of likely N-dealkylation sites (N-methyl/N-ethyl adjacent to an activating group) is 1. The standard InChI is InChI=1S/C18H23NO2/c1-4-19-17(12-14-8-6-5-7-9-14)16-11-10-15(20-2)13-18(16)21-3/h5-11,13,17,19H,4,12H2,1-3H3. The predicted octanol–water partition coefficient (Wildman–Crippen LogP) is 3.60. The number of hydrogen-bond donors (Lipinski definition) is 1. The molecule has 2 rings (SSSR count). The third kappa shape index (κ3) is 3.99. The number of ether oxygens (including phenoxy) is 2. The maximum atomic E-state index is 5.53. The van der Waals surface area contributed by atoms with Crippen LogP contribution in [0.1, 0.15) is 24.1 Å². The molecular weight excluding hydrogens is 262 g/mol. The monoisotopic (exact) mass is 285 g/mol. The molecule has 0 heterocycles. The molecule has 0 amide bonds. The first-order chi connectivity index (χ1) is 10.3. The van der Waals surface area contributed by atoms with Gasteiger partial charge in [0.2, 0.25) is 0 Å². The molecule has 0 fully saturated rings. The molecule has 1 N–H and O–H groups in total. The van der Waals surface area contributed by atoms with Gasteiger partial charge in [-0.05, 0) is 24.6 Å². The summed E-state index contributed by atoms with van der Waals surface area (Å²) in [6, 6.07) is 16.7. The van der Waals surface area contributed by atoms with Crippen molar-refractivity contribution in [2.45, 2.75) is 19.4 Å². The molecule has 0 bridgehead atoms. The second kappa shape index (κ2) is 7.70. The van der Waals surface area contributed by atoms with Crippen LogP contribution in [0.3, 0.4) is 0 Å². The third-order valence-electron chi connectivity index (χ3n) is 3.55. The van der Waals surface area contributed by atoms with Crippen molar-refractivity contribution in [1.29, 1.82) is 0 Å². The van der Waals surface area contributed by atoms with Crippen LogP contribution >= 0.6 is 0 Å². The van der Waals surface area contributed by atoms with E-state index in [4.69, 9.17) is 9.47 Å². The Morgan fingerprint density at radius 2 is 1.76 bits per heavy atom. The maximum Gasteiger partial charge on any atom is 0.127 e. The van der Waals surface area contributed by atoms with Gasteiger partial charge in [0, 0.05) is 17.7 Å². The molecule has 0 spiro atoms. The zero-order valence-electron chi connectivity index (χ0n) is 12.9. The number of rotatable bonds is 7. The van der Waals surface area contributed by atoms with E-state index in [1.54, 1.807) is 14.2 Å². The lowest BCUT2D eigenvalue weighted by atomic mass is 9.97. The highest BCUT2D eigenvalue weighted by Gasteiger charge is 2.16. The van der Waals surface area contributed by atoms with Gasteiger partial charge in [0.15, 0.2) is 0 Å². The second-order valence-electron chi connectivity index (χ2n) is 4.91. The van der Waals surface area contributed by atoms with Crippen LogP contribution in [0.4, 0.5) is 0 Å². The molecule has 3 heteroatoms. The lowest BCUT2D eigenvalue weighted by Gasteiger charge is -2.21. The second-order valence-corrected chi connectivity index (χ2v) is 4.91. The highest BCUT2D eigenvalue weighted by molar-refractivity contribution is 5.43. The predicted molar refractivity (Wildman–Crippen MR) is 86.1 cm³/mol. The van der Waals surface area contributed by atoms with Crippen LogP contribution in [0.25, 0.3) is 0 Å². The van der Waals surface area contributed by atoms with Gasteiger partial charge in [-0.25, -0.2) is 0 Å². The van der Waals surface area contributed by atoms with E-state index in [0.717, 1.165) is 30.0 Å². The number of benzene rings is 2. The average molecular weight is 285 g/mol. The van der Waals surface area contributed by atoms with Crippen LogP contribution in [0.2, 0.25) is 0 Å². The van der Waals surface area contributed by atoms with Gasteiger partial charge in [0.25, 0.3) is 0 Å². The van der Waals surface area contributed by atoms with Crippen molar-refractivity contribution < 1.29 is 9.47 Å². The fourth-order valence-electron chi connectivity index (χ4n) is 2.49. The van der Waals surface area contributed by atoms with Crippen molar-refractivity contribution in [3.63, 3.8) is 0 Å². The van der Waals surface area contributed by atoms with E-state index < -0.39 is 0 Å². The largest absolute Gasteiger partial charge is 0.497 e. The minimum Gasteiger partial charge on any atom is -0.497 e. The van der Waals surface area contributed by atoms with Gasteiger partial charge in [0.05, 0.1) is 14.2 Å². The number of nitrogens with one attached hydrogen (secondary N) is 1. The number of hydrogen-bond acceptors (Lipinski definition) is 3. The average Bonchev–Trinajstić information content (AvgIpc) is 2.55. The van der Waals surface area contributed by atoms with Gasteiger partial charge in [-0.2, -0.15) is 0 Å². The van der Waals surface area contributed by atoms with E-state index >= 15 is 0 Å². The molecule has 112 valence electrons. The van der Waals surface area contributed by atoms with Crippen LogP contribution in [-0.4, -0.2) is 20.8 Å². The number of methoxy groups -OCH3 is 2. The molecule has 21 heavy (non-hydrogen) atoms. The Bertz CT molecular complexity index is 554. The molecule has 3 nitrogen and oxygen atoms in total. The molecule has 2 aromatic rings. The fourth-order valence-corrected chi connectivity index (χ4v) is 2.49. The Morgan fingerprint density at radius 1 is 1.00 bits per heavy atom. The van der Waals surface area contributed by atoms with Crippen LogP contribution in [-0.2, 0) is 6.42 Å². The van der Waals surface area contributed by atoms with Gasteiger partial charge in [-0.3, -0.25) is 0 Å². The van der Waals surface area contributed by atoms with Gasteiger partial charge < -0.3 is 14.8 Å². The molecule has 2 aromatic carbocycles. The van der Waals surface area contributed by atoms with E-state index in [1.807, 2.05) is 18.2 Å². The van der Waals surface area contributed by atoms with E-state index in [2.05, 4.69) is 42.6 Å². The smallest absolute Gasteiger partial charge is 0.127 e. The van der Waals surface area contributed by atoms with Crippen molar-refractivity contribution in [3.8, 4) is 11.5 Å². The highest BCUT2D eigenvalue weighted by atomic mass is 16.5. The first-order valence-corrected chi connectivity index (χ1v) is 7.27. The van der Waals surface area contributed by atoms with Crippen LogP contribution in [0.15, 0.2) is 48.5 Å². The summed E-state index contributed by atoms with van der Waals surface area (Å²) in [6.45, 7) is 3.03. The quantitative estimate of drug-likeness (QED) is 0.843. The molecule has 0 aliphatic carbocycles. The van der Waals surface area contributed by atoms with E-state index in [9.17, 15) is 0 Å². The molecule has 0 saturated heterocycles. The first kappa shape index (κ1) is 15.4. The van der Waals surface area contributed by atoms with Gasteiger partial charge in [-0.15, -0.1) is 0 Å². The van der Waals surface area contributed by atoms with Crippen molar-refractivity contribution >= 4 is 0 Å². The Labute approximate surface area is 126 Å². The Kier molecular flexibility index (Phi) is 5.64. The van der Waals surface area contributed by atoms with E-state index in [1.165, 1.54) is 5.56 Å². The molecule has 0 aliphatic rings. The highest BCUT2D eigenvalue weighted by Crippen LogP contribution is 2.31. The van der Waals surface area contributed by atoms with E-state index in [0.29, 0.717) is 0 Å². The Morgan fingerprint density at radius 3 is 2.38 bits per heavy atom. The molecule has 1 unspecified atom stereocenters. The fraction of sp³-hybridized carbons (Fsp3) is 0.333. The summed E-state index contributed by atoms with van der Waals surface area (Å²) in [5.74, 6) is 1.67. The van der Waals surface area contributed by atoms with Gasteiger partial charge in [0.1, 0.15) is 11.5 Å². The summed E-state index contributed by atoms with van der Waals surface area (Å²) in [5.41, 5.74) is 2.46. The lowest BCUT2D eigenvalue weighted by molar-refractivity contribution is 0.384. The molecule has 0 saturated carbocycles. The summed E-state index contributed by atoms with van der Waals surface area (Å²) in [4.78, 5) is 0. The molecule has 0 aliphatic heterocycles. The SMILES string of the molecule is CCNC(Cc1ccccc1)c1ccc(OC)cc1OC. The van der Waals surface area contributed by atoms with Gasteiger partial charge in [-0.1, -0.05) is 43.3 Å². The third-order valence-corrected chi connectivity index (χ3v) is 3.55. The minimum atomic E-state index is 0.221. The van der Waals surface area contributed by atoms with Crippen LogP contribution in [0.5, 0.6) is 11.5 Å². The van der Waals surface area contributed by atoms with Crippen molar-refractivity contribution in [2.75, 3.05) is 20.8 Å². The molecular formula is C18H23NO2. The Hall–Kier alpha value is -2.00. The molecule has 0 radical (unpaired) electrons. The summed E-state index contributed by atoms with van der Waals surface area (Å²) in [6.07, 6.45) is 0.928. The van der Waals surface area contributed by atoms with Crippen molar-refractivity contribution in [3.05, 3.63) is 59.7 Å². The summed E-state index contributed by atoms with van der Waals surface area (Å²) < 4.78 is 10.8.